The van der Waals surface area contributed by atoms with Gasteiger partial charge in [0, 0.05) is 0 Å². The Morgan fingerprint density at radius 2 is 2.12 bits per heavy atom. The highest BCUT2D eigenvalue weighted by molar-refractivity contribution is 5.92. The number of carbonyl (C=O) groups is 1. The van der Waals surface area contributed by atoms with Gasteiger partial charge in [-0.1, -0.05) is 12.1 Å². The molecule has 0 unspecified atom stereocenters. The maximum atomic E-state index is 13.4. The summed E-state index contributed by atoms with van der Waals surface area (Å²) in [4.78, 5) is 10.7. The van der Waals surface area contributed by atoms with E-state index in [-0.39, 0.29) is 17.1 Å². The van der Waals surface area contributed by atoms with Crippen LogP contribution in [0.15, 0.2) is 30.5 Å². The van der Waals surface area contributed by atoms with E-state index in [9.17, 15) is 9.18 Å². The third-order valence-corrected chi connectivity index (χ3v) is 2.12. The fourth-order valence-corrected chi connectivity index (χ4v) is 1.34. The van der Waals surface area contributed by atoms with Gasteiger partial charge in [0.2, 0.25) is 0 Å². The highest BCUT2D eigenvalue weighted by Crippen LogP contribution is 2.19. The molecular weight excluding hydrogens is 213 g/mol. The highest BCUT2D eigenvalue weighted by atomic mass is 19.1. The van der Waals surface area contributed by atoms with Crippen LogP contribution in [-0.2, 0) is 0 Å². The number of carboxylic acids is 1. The van der Waals surface area contributed by atoms with Crippen LogP contribution in [0, 0.1) is 5.82 Å². The second-order valence-corrected chi connectivity index (χ2v) is 3.11. The Labute approximate surface area is 89.9 Å². The molecule has 3 N–H and O–H groups in total. The van der Waals surface area contributed by atoms with Gasteiger partial charge < -0.3 is 10.8 Å². The zero-order chi connectivity index (χ0) is 11.7. The van der Waals surface area contributed by atoms with Gasteiger partial charge in [0.1, 0.15) is 22.9 Å². The Morgan fingerprint density at radius 3 is 2.69 bits per heavy atom. The van der Waals surface area contributed by atoms with Crippen LogP contribution in [0.25, 0.3) is 5.69 Å². The molecule has 0 aliphatic rings. The molecule has 0 saturated carbocycles. The van der Waals surface area contributed by atoms with Crippen molar-refractivity contribution in [3.8, 4) is 5.69 Å². The standard InChI is InChI=1S/C10H8FN3O2/c11-7-3-1-2-4-8(7)14-9(12)6(5-13-14)10(15)16/h1-5H,12H2,(H,15,16). The monoisotopic (exact) mass is 221 g/mol. The van der Waals surface area contributed by atoms with Gasteiger partial charge in [-0.25, -0.2) is 13.9 Å². The van der Waals surface area contributed by atoms with Gasteiger partial charge >= 0.3 is 5.97 Å². The molecule has 0 aliphatic heterocycles. The molecule has 0 radical (unpaired) electrons. The number of nitrogen functional groups attached to an aromatic ring is 1. The van der Waals surface area contributed by atoms with E-state index in [0.29, 0.717) is 0 Å². The maximum absolute atomic E-state index is 13.4. The SMILES string of the molecule is Nc1c(C(=O)O)cnn1-c1ccccc1F. The summed E-state index contributed by atoms with van der Waals surface area (Å²) < 4.78 is 14.5. The molecule has 0 fully saturated rings. The number of carboxylic acid groups (broad SMARTS) is 1. The van der Waals surface area contributed by atoms with E-state index in [0.717, 1.165) is 10.9 Å². The molecule has 0 aliphatic carbocycles. The number of para-hydroxylation sites is 1. The normalized spacial score (nSPS) is 10.3. The zero-order valence-electron chi connectivity index (χ0n) is 8.09. The zero-order valence-corrected chi connectivity index (χ0v) is 8.09. The topological polar surface area (TPSA) is 81.1 Å². The van der Waals surface area contributed by atoms with Crippen molar-refractivity contribution in [1.82, 2.24) is 9.78 Å². The fourth-order valence-electron chi connectivity index (χ4n) is 1.34. The minimum Gasteiger partial charge on any atom is -0.477 e. The van der Waals surface area contributed by atoms with Gasteiger partial charge in [0.05, 0.1) is 6.20 Å². The van der Waals surface area contributed by atoms with Crippen molar-refractivity contribution in [3.05, 3.63) is 41.8 Å². The lowest BCUT2D eigenvalue weighted by Crippen LogP contribution is -2.06. The van der Waals surface area contributed by atoms with Crippen molar-refractivity contribution < 1.29 is 14.3 Å². The van der Waals surface area contributed by atoms with Crippen molar-refractivity contribution >= 4 is 11.8 Å². The van der Waals surface area contributed by atoms with Gasteiger partial charge in [-0.3, -0.25) is 0 Å². The molecule has 0 saturated heterocycles. The average Bonchev–Trinajstić information content (AvgIpc) is 2.61. The minimum absolute atomic E-state index is 0.0994. The van der Waals surface area contributed by atoms with E-state index < -0.39 is 11.8 Å². The third kappa shape index (κ3) is 1.50. The first-order valence-corrected chi connectivity index (χ1v) is 4.43. The molecule has 0 bridgehead atoms. The molecule has 2 rings (SSSR count). The number of aromatic nitrogens is 2. The molecule has 0 atom stereocenters. The molecule has 0 amide bonds. The number of rotatable bonds is 2. The Kier molecular flexibility index (Phi) is 2.32. The minimum atomic E-state index is -1.19. The van der Waals surface area contributed by atoms with Crippen molar-refractivity contribution in [2.24, 2.45) is 0 Å². The summed E-state index contributed by atoms with van der Waals surface area (Å²) in [7, 11) is 0. The molecule has 16 heavy (non-hydrogen) atoms. The maximum Gasteiger partial charge on any atom is 0.341 e. The van der Waals surface area contributed by atoms with Gasteiger partial charge in [0.15, 0.2) is 0 Å². The second kappa shape index (κ2) is 3.65. The predicted octanol–water partition coefficient (Wildman–Crippen LogP) is 1.29. The number of nitrogens with two attached hydrogens (primary N) is 1. The first-order valence-electron chi connectivity index (χ1n) is 4.43. The summed E-state index contributed by atoms with van der Waals surface area (Å²) in [5.41, 5.74) is 5.53. The smallest absolute Gasteiger partial charge is 0.341 e. The first kappa shape index (κ1) is 10.2. The Balaban J connectivity index is 2.58. The molecule has 2 aromatic rings. The summed E-state index contributed by atoms with van der Waals surface area (Å²) in [5, 5.41) is 12.5. The van der Waals surface area contributed by atoms with Crippen molar-refractivity contribution in [2.75, 3.05) is 5.73 Å². The van der Waals surface area contributed by atoms with Gasteiger partial charge in [-0.05, 0) is 12.1 Å². The van der Waals surface area contributed by atoms with Crippen LogP contribution in [0.2, 0.25) is 0 Å². The quantitative estimate of drug-likeness (QED) is 0.800. The number of anilines is 1. The largest absolute Gasteiger partial charge is 0.477 e. The summed E-state index contributed by atoms with van der Waals surface area (Å²) in [6.45, 7) is 0. The van der Waals surface area contributed by atoms with Gasteiger partial charge in [-0.15, -0.1) is 0 Å². The lowest BCUT2D eigenvalue weighted by molar-refractivity contribution is 0.0698. The average molecular weight is 221 g/mol. The number of hydrogen-bond acceptors (Lipinski definition) is 3. The van der Waals surface area contributed by atoms with Crippen LogP contribution >= 0.6 is 0 Å². The second-order valence-electron chi connectivity index (χ2n) is 3.11. The van der Waals surface area contributed by atoms with Crippen molar-refractivity contribution in [2.45, 2.75) is 0 Å². The third-order valence-electron chi connectivity index (χ3n) is 2.12. The number of benzene rings is 1. The lowest BCUT2D eigenvalue weighted by Gasteiger charge is -2.04. The van der Waals surface area contributed by atoms with Crippen molar-refractivity contribution in [3.63, 3.8) is 0 Å². The van der Waals surface area contributed by atoms with E-state index >= 15 is 0 Å². The molecule has 0 spiro atoms. The molecule has 1 heterocycles. The summed E-state index contributed by atoms with van der Waals surface area (Å²) in [5.74, 6) is -1.81. The van der Waals surface area contributed by atoms with E-state index in [2.05, 4.69) is 5.10 Å². The van der Waals surface area contributed by atoms with E-state index in [1.165, 1.54) is 18.2 Å². The van der Waals surface area contributed by atoms with E-state index in [1.807, 2.05) is 0 Å². The van der Waals surface area contributed by atoms with Crippen LogP contribution < -0.4 is 5.73 Å². The molecule has 1 aromatic carbocycles. The lowest BCUT2D eigenvalue weighted by atomic mass is 10.3. The van der Waals surface area contributed by atoms with E-state index in [1.54, 1.807) is 6.07 Å². The van der Waals surface area contributed by atoms with E-state index in [4.69, 9.17) is 10.8 Å². The summed E-state index contributed by atoms with van der Waals surface area (Å²) >= 11 is 0. The number of halogens is 1. The Bertz CT molecular complexity index is 551. The highest BCUT2D eigenvalue weighted by Gasteiger charge is 2.16. The first-order chi connectivity index (χ1) is 7.61. The molecule has 82 valence electrons. The number of hydrogen-bond donors (Lipinski definition) is 2. The van der Waals surface area contributed by atoms with Crippen molar-refractivity contribution in [1.29, 1.82) is 0 Å². The van der Waals surface area contributed by atoms with Crippen LogP contribution in [0.5, 0.6) is 0 Å². The summed E-state index contributed by atoms with van der Waals surface area (Å²) in [6.07, 6.45) is 1.09. The van der Waals surface area contributed by atoms with Crippen LogP contribution in [0.1, 0.15) is 10.4 Å². The molecule has 6 heteroatoms. The molecule has 5 nitrogen and oxygen atoms in total. The number of nitrogens with zero attached hydrogens (tertiary/aromatic N) is 2. The number of aromatic carboxylic acids is 1. The predicted molar refractivity (Wildman–Crippen MR) is 54.9 cm³/mol. The van der Waals surface area contributed by atoms with Crippen LogP contribution in [0.3, 0.4) is 0 Å². The van der Waals surface area contributed by atoms with Gasteiger partial charge in [0.25, 0.3) is 0 Å². The van der Waals surface area contributed by atoms with Crippen LogP contribution in [-0.4, -0.2) is 20.9 Å². The summed E-state index contributed by atoms with van der Waals surface area (Å²) in [6, 6.07) is 5.85. The molecular formula is C10H8FN3O2. The molecule has 1 aromatic heterocycles. The fraction of sp³-hybridized carbons (Fsp3) is 0. The Morgan fingerprint density at radius 1 is 1.44 bits per heavy atom. The van der Waals surface area contributed by atoms with Crippen LogP contribution in [0.4, 0.5) is 10.2 Å². The van der Waals surface area contributed by atoms with Gasteiger partial charge in [-0.2, -0.15) is 5.10 Å². The Hall–Kier alpha value is -2.37.